The van der Waals surface area contributed by atoms with Gasteiger partial charge >= 0.3 is 0 Å². The molecule has 30 heavy (non-hydrogen) atoms. The van der Waals surface area contributed by atoms with E-state index in [1.54, 1.807) is 0 Å². The molecule has 0 amide bonds. The van der Waals surface area contributed by atoms with Gasteiger partial charge in [-0.1, -0.05) is 96.2 Å². The molecule has 0 aliphatic rings. The van der Waals surface area contributed by atoms with Crippen LogP contribution in [0.25, 0.3) is 0 Å². The van der Waals surface area contributed by atoms with Gasteiger partial charge in [0, 0.05) is 13.1 Å². The van der Waals surface area contributed by atoms with Gasteiger partial charge in [-0.2, -0.15) is 4.98 Å². The minimum absolute atomic E-state index is 0.0739. The van der Waals surface area contributed by atoms with Crippen LogP contribution in [0.2, 0.25) is 0 Å². The van der Waals surface area contributed by atoms with Crippen molar-refractivity contribution in [3.63, 3.8) is 0 Å². The van der Waals surface area contributed by atoms with Crippen LogP contribution in [-0.4, -0.2) is 33.3 Å². The number of aromatic nitrogens is 2. The summed E-state index contributed by atoms with van der Waals surface area (Å²) >= 11 is 0. The predicted octanol–water partition coefficient (Wildman–Crippen LogP) is 4.24. The second-order valence-corrected chi connectivity index (χ2v) is 7.22. The number of benzene rings is 3. The predicted molar refractivity (Wildman–Crippen MR) is 116 cm³/mol. The summed E-state index contributed by atoms with van der Waals surface area (Å²) in [4.78, 5) is 6.83. The Labute approximate surface area is 176 Å². The fourth-order valence-corrected chi connectivity index (χ4v) is 3.62. The number of nitrogens with zero attached hydrogens (tertiary/aromatic N) is 3. The number of hydrogen-bond acceptors (Lipinski definition) is 5. The number of aliphatic hydroxyl groups is 1. The quantitative estimate of drug-likeness (QED) is 0.456. The Morgan fingerprint density at radius 1 is 0.767 bits per heavy atom. The minimum Gasteiger partial charge on any atom is -0.395 e. The van der Waals surface area contributed by atoms with Crippen molar-refractivity contribution >= 4 is 0 Å². The average Bonchev–Trinajstić information content (AvgIpc) is 3.24. The number of aliphatic hydroxyl groups excluding tert-OH is 1. The first-order valence-corrected chi connectivity index (χ1v) is 10.1. The molecule has 0 bridgehead atoms. The van der Waals surface area contributed by atoms with Crippen LogP contribution in [0.3, 0.4) is 0 Å². The van der Waals surface area contributed by atoms with E-state index in [4.69, 9.17) is 9.51 Å². The summed E-state index contributed by atoms with van der Waals surface area (Å²) in [6.07, 6.45) is 0. The molecule has 0 unspecified atom stereocenters. The van der Waals surface area contributed by atoms with Crippen molar-refractivity contribution in [3.8, 4) is 0 Å². The van der Waals surface area contributed by atoms with Crippen molar-refractivity contribution in [1.29, 1.82) is 0 Å². The lowest BCUT2D eigenvalue weighted by Gasteiger charge is -2.19. The van der Waals surface area contributed by atoms with Crippen molar-refractivity contribution < 1.29 is 9.63 Å². The molecule has 4 rings (SSSR count). The van der Waals surface area contributed by atoms with E-state index in [2.05, 4.69) is 46.5 Å². The van der Waals surface area contributed by atoms with Crippen LogP contribution in [0.5, 0.6) is 0 Å². The second-order valence-electron chi connectivity index (χ2n) is 7.22. The molecule has 1 heterocycles. The van der Waals surface area contributed by atoms with Gasteiger partial charge in [0.05, 0.1) is 19.1 Å². The Morgan fingerprint density at radius 2 is 1.33 bits per heavy atom. The molecule has 0 fully saturated rings. The first-order valence-electron chi connectivity index (χ1n) is 10.1. The SMILES string of the molecule is OCCN(Cc1ccccc1)Cc1nc(C(c2ccccc2)c2ccccc2)no1. The largest absolute Gasteiger partial charge is 0.395 e. The lowest BCUT2D eigenvalue weighted by Crippen LogP contribution is -2.26. The van der Waals surface area contributed by atoms with E-state index >= 15 is 0 Å². The van der Waals surface area contributed by atoms with Crippen LogP contribution < -0.4 is 0 Å². The van der Waals surface area contributed by atoms with Gasteiger partial charge in [-0.05, 0) is 16.7 Å². The first kappa shape index (κ1) is 20.0. The Balaban J connectivity index is 1.57. The fraction of sp³-hybridized carbons (Fsp3) is 0.200. The molecular formula is C25H25N3O2. The van der Waals surface area contributed by atoms with Gasteiger partial charge in [0.2, 0.25) is 5.89 Å². The van der Waals surface area contributed by atoms with Crippen LogP contribution in [0.1, 0.15) is 34.3 Å². The van der Waals surface area contributed by atoms with Crippen LogP contribution in [0.15, 0.2) is 95.5 Å². The minimum atomic E-state index is -0.0923. The van der Waals surface area contributed by atoms with Gasteiger partial charge in [-0.3, -0.25) is 4.90 Å². The smallest absolute Gasteiger partial charge is 0.240 e. The van der Waals surface area contributed by atoms with E-state index in [9.17, 15) is 5.11 Å². The molecule has 0 atom stereocenters. The average molecular weight is 399 g/mol. The van der Waals surface area contributed by atoms with E-state index in [1.807, 2.05) is 54.6 Å². The molecule has 1 N–H and O–H groups in total. The Bertz CT molecular complexity index is 980. The molecule has 0 saturated heterocycles. The summed E-state index contributed by atoms with van der Waals surface area (Å²) in [5.41, 5.74) is 3.41. The molecule has 4 aromatic rings. The number of hydrogen-bond donors (Lipinski definition) is 1. The van der Waals surface area contributed by atoms with Crippen molar-refractivity contribution in [2.75, 3.05) is 13.2 Å². The lowest BCUT2D eigenvalue weighted by molar-refractivity contribution is 0.167. The van der Waals surface area contributed by atoms with Crippen LogP contribution in [0, 0.1) is 0 Å². The van der Waals surface area contributed by atoms with Gasteiger partial charge in [0.15, 0.2) is 5.82 Å². The molecule has 0 saturated carbocycles. The summed E-state index contributed by atoms with van der Waals surface area (Å²) in [5.74, 6) is 1.10. The third kappa shape index (κ3) is 5.00. The summed E-state index contributed by atoms with van der Waals surface area (Å²) in [6.45, 7) is 1.80. The zero-order chi connectivity index (χ0) is 20.6. The Morgan fingerprint density at radius 3 is 1.90 bits per heavy atom. The van der Waals surface area contributed by atoms with Crippen LogP contribution in [0.4, 0.5) is 0 Å². The van der Waals surface area contributed by atoms with Crippen molar-refractivity contribution in [2.45, 2.75) is 19.0 Å². The number of rotatable bonds is 9. The van der Waals surface area contributed by atoms with E-state index in [0.29, 0.717) is 31.3 Å². The maximum absolute atomic E-state index is 9.48. The summed E-state index contributed by atoms with van der Waals surface area (Å²) in [7, 11) is 0. The first-order chi connectivity index (χ1) is 14.8. The van der Waals surface area contributed by atoms with Gasteiger partial charge < -0.3 is 9.63 Å². The van der Waals surface area contributed by atoms with Gasteiger partial charge in [0.25, 0.3) is 0 Å². The Hall–Kier alpha value is -3.28. The van der Waals surface area contributed by atoms with Gasteiger partial charge in [-0.25, -0.2) is 0 Å². The third-order valence-corrected chi connectivity index (χ3v) is 5.03. The molecule has 1 aromatic heterocycles. The highest BCUT2D eigenvalue weighted by Gasteiger charge is 2.23. The highest BCUT2D eigenvalue weighted by atomic mass is 16.5. The molecule has 0 spiro atoms. The van der Waals surface area contributed by atoms with E-state index < -0.39 is 0 Å². The molecule has 3 aromatic carbocycles. The normalized spacial score (nSPS) is 11.3. The molecule has 0 aliphatic carbocycles. The van der Waals surface area contributed by atoms with Crippen LogP contribution >= 0.6 is 0 Å². The highest BCUT2D eigenvalue weighted by Crippen LogP contribution is 2.30. The zero-order valence-electron chi connectivity index (χ0n) is 16.8. The summed E-state index contributed by atoms with van der Waals surface area (Å²) < 4.78 is 5.62. The van der Waals surface area contributed by atoms with Crippen molar-refractivity contribution in [2.24, 2.45) is 0 Å². The monoisotopic (exact) mass is 399 g/mol. The summed E-state index contributed by atoms with van der Waals surface area (Å²) in [5, 5.41) is 13.8. The topological polar surface area (TPSA) is 62.4 Å². The van der Waals surface area contributed by atoms with Gasteiger partial charge in [0.1, 0.15) is 0 Å². The summed E-state index contributed by atoms with van der Waals surface area (Å²) in [6, 6.07) is 30.6. The third-order valence-electron chi connectivity index (χ3n) is 5.03. The van der Waals surface area contributed by atoms with Gasteiger partial charge in [-0.15, -0.1) is 0 Å². The molecule has 5 nitrogen and oxygen atoms in total. The maximum atomic E-state index is 9.48. The molecule has 0 radical (unpaired) electrons. The van der Waals surface area contributed by atoms with Crippen molar-refractivity contribution in [3.05, 3.63) is 119 Å². The molecule has 152 valence electrons. The Kier molecular flexibility index (Phi) is 6.65. The fourth-order valence-electron chi connectivity index (χ4n) is 3.62. The standard InChI is InChI=1S/C25H25N3O2/c29-17-16-28(18-20-10-4-1-5-11-20)19-23-26-25(27-30-23)24(21-12-6-2-7-13-21)22-14-8-3-9-15-22/h1-15,24,29H,16-19H2. The molecular weight excluding hydrogens is 374 g/mol. The van der Waals surface area contributed by atoms with E-state index in [1.165, 1.54) is 5.56 Å². The lowest BCUT2D eigenvalue weighted by atomic mass is 9.91. The highest BCUT2D eigenvalue weighted by molar-refractivity contribution is 5.37. The maximum Gasteiger partial charge on any atom is 0.240 e. The van der Waals surface area contributed by atoms with E-state index in [0.717, 1.165) is 11.1 Å². The second kappa shape index (κ2) is 9.96. The molecule has 5 heteroatoms. The molecule has 0 aliphatic heterocycles. The van der Waals surface area contributed by atoms with Crippen LogP contribution in [-0.2, 0) is 13.1 Å². The van der Waals surface area contributed by atoms with Crippen molar-refractivity contribution in [1.82, 2.24) is 15.0 Å². The van der Waals surface area contributed by atoms with E-state index in [-0.39, 0.29) is 12.5 Å². The zero-order valence-corrected chi connectivity index (χ0v) is 16.8.